The molecule has 6 nitrogen and oxygen atoms in total. The average molecular weight is 341 g/mol. The average Bonchev–Trinajstić information content (AvgIpc) is 3.20. The van der Waals surface area contributed by atoms with Gasteiger partial charge >= 0.3 is 5.69 Å². The highest BCUT2D eigenvalue weighted by Gasteiger charge is 1.98. The lowest BCUT2D eigenvalue weighted by molar-refractivity contribution is 0.736. The molecule has 0 spiro atoms. The lowest BCUT2D eigenvalue weighted by Gasteiger charge is -1.89. The Morgan fingerprint density at radius 1 is 0.840 bits per heavy atom. The van der Waals surface area contributed by atoms with Crippen molar-refractivity contribution in [2.24, 2.45) is 14.1 Å². The molecule has 2 heterocycles. The van der Waals surface area contributed by atoms with Gasteiger partial charge in [-0.25, -0.2) is 9.48 Å². The van der Waals surface area contributed by atoms with Crippen LogP contribution in [0.5, 0.6) is 0 Å². The van der Waals surface area contributed by atoms with Crippen molar-refractivity contribution >= 4 is 22.1 Å². The van der Waals surface area contributed by atoms with Crippen LogP contribution in [0, 0.1) is 0 Å². The van der Waals surface area contributed by atoms with Gasteiger partial charge < -0.3 is 4.98 Å². The molecule has 0 saturated heterocycles. The van der Waals surface area contributed by atoms with Crippen molar-refractivity contribution in [1.29, 1.82) is 0 Å². The molecule has 134 valence electrons. The molecule has 0 aliphatic heterocycles. The topological polar surface area (TPSA) is 68.5 Å². The normalized spacial score (nSPS) is 9.36. The first-order valence-electron chi connectivity index (χ1n) is 8.55. The maximum absolute atomic E-state index is 11.0. The van der Waals surface area contributed by atoms with Crippen molar-refractivity contribution in [2.45, 2.75) is 27.7 Å². The highest BCUT2D eigenvalue weighted by Crippen LogP contribution is 2.07. The summed E-state index contributed by atoms with van der Waals surface area (Å²) in [7, 11) is 3.64. The van der Waals surface area contributed by atoms with Crippen LogP contribution < -0.4 is 5.69 Å². The number of aromatic amines is 1. The number of para-hydroxylation sites is 3. The summed E-state index contributed by atoms with van der Waals surface area (Å²) >= 11 is 0. The molecule has 2 aromatic heterocycles. The molecule has 0 radical (unpaired) electrons. The molecule has 0 aliphatic carbocycles. The van der Waals surface area contributed by atoms with E-state index in [0.29, 0.717) is 0 Å². The van der Waals surface area contributed by atoms with E-state index in [0.717, 1.165) is 22.1 Å². The summed E-state index contributed by atoms with van der Waals surface area (Å²) in [5.74, 6) is 0. The summed E-state index contributed by atoms with van der Waals surface area (Å²) < 4.78 is 3.35. The van der Waals surface area contributed by atoms with Gasteiger partial charge in [-0.1, -0.05) is 57.2 Å². The largest absolute Gasteiger partial charge is 0.326 e. The van der Waals surface area contributed by atoms with Crippen LogP contribution in [0.1, 0.15) is 27.7 Å². The zero-order valence-corrected chi connectivity index (χ0v) is 15.8. The molecule has 6 heteroatoms. The van der Waals surface area contributed by atoms with E-state index >= 15 is 0 Å². The SMILES string of the molecule is CC.CC.Cn1c(=O)[nH]c2ccccc21.Cn1nnc2ccccc21. The molecule has 0 atom stereocenters. The maximum atomic E-state index is 11.0. The van der Waals surface area contributed by atoms with E-state index in [1.54, 1.807) is 16.3 Å². The zero-order valence-electron chi connectivity index (χ0n) is 15.8. The Kier molecular flexibility index (Phi) is 8.12. The third-order valence-electron chi connectivity index (χ3n) is 3.33. The molecular formula is C19H27N5O. The Morgan fingerprint density at radius 2 is 1.40 bits per heavy atom. The first-order chi connectivity index (χ1) is 12.2. The summed E-state index contributed by atoms with van der Waals surface area (Å²) in [6, 6.07) is 15.5. The Morgan fingerprint density at radius 3 is 2.00 bits per heavy atom. The number of hydrogen-bond donors (Lipinski definition) is 1. The minimum atomic E-state index is -0.0637. The second-order valence-corrected chi connectivity index (χ2v) is 4.71. The molecule has 0 fully saturated rings. The fourth-order valence-corrected chi connectivity index (χ4v) is 2.17. The van der Waals surface area contributed by atoms with Crippen LogP contribution in [0.2, 0.25) is 0 Å². The zero-order chi connectivity index (χ0) is 18.8. The van der Waals surface area contributed by atoms with Crippen molar-refractivity contribution in [3.05, 3.63) is 59.0 Å². The van der Waals surface area contributed by atoms with Crippen LogP contribution in [0.3, 0.4) is 0 Å². The number of aryl methyl sites for hydroxylation is 2. The minimum Gasteiger partial charge on any atom is -0.306 e. The van der Waals surface area contributed by atoms with E-state index in [2.05, 4.69) is 15.3 Å². The lowest BCUT2D eigenvalue weighted by Crippen LogP contribution is -2.11. The summed E-state index contributed by atoms with van der Waals surface area (Å²) in [4.78, 5) is 13.8. The number of imidazole rings is 1. The van der Waals surface area contributed by atoms with Crippen LogP contribution in [0.15, 0.2) is 53.3 Å². The molecule has 2 aromatic carbocycles. The van der Waals surface area contributed by atoms with Gasteiger partial charge in [0.2, 0.25) is 0 Å². The number of H-pyrrole nitrogens is 1. The second-order valence-electron chi connectivity index (χ2n) is 4.71. The van der Waals surface area contributed by atoms with Crippen molar-refractivity contribution in [3.63, 3.8) is 0 Å². The quantitative estimate of drug-likeness (QED) is 0.527. The second kappa shape index (κ2) is 10.1. The van der Waals surface area contributed by atoms with Gasteiger partial charge in [0.15, 0.2) is 0 Å². The predicted molar refractivity (Wildman–Crippen MR) is 105 cm³/mol. The number of benzene rings is 2. The van der Waals surface area contributed by atoms with Gasteiger partial charge in [-0.05, 0) is 24.3 Å². The first-order valence-corrected chi connectivity index (χ1v) is 8.55. The maximum Gasteiger partial charge on any atom is 0.326 e. The van der Waals surface area contributed by atoms with E-state index in [1.807, 2.05) is 83.3 Å². The van der Waals surface area contributed by atoms with Crippen LogP contribution in [0.4, 0.5) is 0 Å². The fourth-order valence-electron chi connectivity index (χ4n) is 2.17. The van der Waals surface area contributed by atoms with Gasteiger partial charge in [0.25, 0.3) is 0 Å². The highest BCUT2D eigenvalue weighted by molar-refractivity contribution is 5.74. The smallest absolute Gasteiger partial charge is 0.306 e. The number of hydrogen-bond acceptors (Lipinski definition) is 3. The molecule has 0 aliphatic rings. The molecule has 25 heavy (non-hydrogen) atoms. The molecule has 4 rings (SSSR count). The van der Waals surface area contributed by atoms with Crippen molar-refractivity contribution in [2.75, 3.05) is 0 Å². The van der Waals surface area contributed by atoms with Crippen LogP contribution in [-0.2, 0) is 14.1 Å². The molecular weight excluding hydrogens is 314 g/mol. The van der Waals surface area contributed by atoms with E-state index in [-0.39, 0.29) is 5.69 Å². The van der Waals surface area contributed by atoms with Gasteiger partial charge in [-0.3, -0.25) is 4.57 Å². The monoisotopic (exact) mass is 341 g/mol. The van der Waals surface area contributed by atoms with Gasteiger partial charge in [0, 0.05) is 14.1 Å². The molecule has 0 bridgehead atoms. The van der Waals surface area contributed by atoms with E-state index < -0.39 is 0 Å². The van der Waals surface area contributed by atoms with Gasteiger partial charge in [-0.2, -0.15) is 0 Å². The number of rotatable bonds is 0. The Labute approximate surface area is 148 Å². The van der Waals surface area contributed by atoms with E-state index in [9.17, 15) is 4.79 Å². The molecule has 0 amide bonds. The van der Waals surface area contributed by atoms with Crippen LogP contribution >= 0.6 is 0 Å². The number of fused-ring (bicyclic) bond motifs is 2. The standard InChI is InChI=1S/C8H8N2O.C7H7N3.2C2H6/c1-10-7-5-3-2-4-6(7)9-8(10)11;1-10-7-5-3-2-4-6(7)8-9-10;2*1-2/h2-5H,1H3,(H,9,11);2-5H,1H3;2*1-2H3. The first kappa shape index (κ1) is 20.2. The summed E-state index contributed by atoms with van der Waals surface area (Å²) in [6.07, 6.45) is 0. The minimum absolute atomic E-state index is 0.0637. The predicted octanol–water partition coefficient (Wildman–Crippen LogP) is 3.89. The number of nitrogens with one attached hydrogen (secondary N) is 1. The molecule has 4 aromatic rings. The summed E-state index contributed by atoms with van der Waals surface area (Å²) in [5, 5.41) is 7.79. The van der Waals surface area contributed by atoms with Gasteiger partial charge in [-0.15, -0.1) is 5.10 Å². The third kappa shape index (κ3) is 4.79. The van der Waals surface area contributed by atoms with E-state index in [4.69, 9.17) is 0 Å². The highest BCUT2D eigenvalue weighted by atomic mass is 16.1. The summed E-state index contributed by atoms with van der Waals surface area (Å²) in [5.41, 5.74) is 3.79. The Hall–Kier alpha value is -2.89. The Bertz CT molecular complexity index is 949. The van der Waals surface area contributed by atoms with E-state index in [1.165, 1.54) is 0 Å². The van der Waals surface area contributed by atoms with Crippen LogP contribution in [-0.4, -0.2) is 24.5 Å². The molecule has 0 unspecified atom stereocenters. The third-order valence-corrected chi connectivity index (χ3v) is 3.33. The van der Waals surface area contributed by atoms with Gasteiger partial charge in [0.05, 0.1) is 16.6 Å². The number of aromatic nitrogens is 5. The van der Waals surface area contributed by atoms with Crippen molar-refractivity contribution in [1.82, 2.24) is 24.5 Å². The van der Waals surface area contributed by atoms with Crippen molar-refractivity contribution < 1.29 is 0 Å². The summed E-state index contributed by atoms with van der Waals surface area (Å²) in [6.45, 7) is 8.00. The van der Waals surface area contributed by atoms with Gasteiger partial charge in [0.1, 0.15) is 5.52 Å². The lowest BCUT2D eigenvalue weighted by atomic mass is 10.3. The molecule has 0 saturated carbocycles. The number of nitrogens with zero attached hydrogens (tertiary/aromatic N) is 4. The fraction of sp³-hybridized carbons (Fsp3) is 0.316. The Balaban J connectivity index is 0.000000210. The molecule has 1 N–H and O–H groups in total. The van der Waals surface area contributed by atoms with Crippen molar-refractivity contribution in [3.8, 4) is 0 Å². The van der Waals surface area contributed by atoms with Crippen LogP contribution in [0.25, 0.3) is 22.1 Å².